The number of pyridine rings is 3. The number of rotatable bonds is 5. The number of hydrogen-bond acceptors (Lipinski definition) is 14. The van der Waals surface area contributed by atoms with E-state index < -0.39 is 0 Å². The number of carbonyl (C=O) groups excluding carboxylic acids is 4. The minimum Gasteiger partial charge on any atom is -0.484 e. The molecule has 4 unspecified atom stereocenters. The molecule has 11 heterocycles. The van der Waals surface area contributed by atoms with Crippen molar-refractivity contribution >= 4 is 67.1 Å². The van der Waals surface area contributed by atoms with Crippen LogP contribution in [-0.2, 0) is 35.5 Å². The van der Waals surface area contributed by atoms with E-state index in [1.54, 1.807) is 30.2 Å². The number of methoxy groups -OCH3 is 1. The molecule has 1 saturated heterocycles. The highest BCUT2D eigenvalue weighted by atomic mass is 79.9. The van der Waals surface area contributed by atoms with Gasteiger partial charge in [-0.2, -0.15) is 0 Å². The van der Waals surface area contributed by atoms with Gasteiger partial charge in [0.25, 0.3) is 11.8 Å². The van der Waals surface area contributed by atoms with Gasteiger partial charge in [0.2, 0.25) is 5.91 Å². The van der Waals surface area contributed by atoms with Crippen LogP contribution >= 0.6 is 31.9 Å². The number of nitrogens with two attached hydrogens (primary N) is 1. The molecule has 4 N–H and O–H groups in total. The lowest BCUT2D eigenvalue weighted by atomic mass is 10.1. The first kappa shape index (κ1) is 55.9. The molecule has 0 saturated carbocycles. The number of anilines is 1. The Balaban J connectivity index is 0.000000131. The number of aliphatic imine (C=N–C) groups is 1. The third kappa shape index (κ3) is 14.0. The Morgan fingerprint density at radius 1 is 0.662 bits per heavy atom. The first-order valence-corrected chi connectivity index (χ1v) is 27.3. The van der Waals surface area contributed by atoms with Gasteiger partial charge in [-0.15, -0.1) is 20.4 Å². The summed E-state index contributed by atoms with van der Waals surface area (Å²) in [5, 5.41) is 22.6. The fourth-order valence-electron chi connectivity index (χ4n) is 9.33. The number of carbonyl (C=O) groups is 4. The van der Waals surface area contributed by atoms with Crippen LogP contribution in [0.25, 0.3) is 23.0 Å². The van der Waals surface area contributed by atoms with E-state index in [9.17, 15) is 19.2 Å². The van der Waals surface area contributed by atoms with Crippen LogP contribution in [0.3, 0.4) is 0 Å². The van der Waals surface area contributed by atoms with Crippen molar-refractivity contribution in [1.82, 2.24) is 55.1 Å². The summed E-state index contributed by atoms with van der Waals surface area (Å²) in [7, 11) is 1.68. The molecule has 0 radical (unpaired) electrons. The lowest BCUT2D eigenvalue weighted by Crippen LogP contribution is -2.24. The van der Waals surface area contributed by atoms with Gasteiger partial charge in [-0.3, -0.25) is 29.1 Å². The third-order valence-corrected chi connectivity index (χ3v) is 14.4. The molecular weight excluding hydrogens is 1110 g/mol. The molecule has 400 valence electrons. The highest BCUT2D eigenvalue weighted by molar-refractivity contribution is 9.10. The molecule has 13 rings (SSSR count). The van der Waals surface area contributed by atoms with Crippen LogP contribution in [0.15, 0.2) is 117 Å². The molecule has 21 heteroatoms. The molecule has 0 spiro atoms. The predicted molar refractivity (Wildman–Crippen MR) is 300 cm³/mol. The zero-order valence-electron chi connectivity index (χ0n) is 43.7. The average Bonchev–Trinajstić information content (AvgIpc) is 4.36. The number of nitrogens with zero attached hydrogens (tertiary/aromatic N) is 11. The molecule has 77 heavy (non-hydrogen) atoms. The number of fused-ring (bicyclic) bond motifs is 4. The van der Waals surface area contributed by atoms with Crippen LogP contribution in [0, 0.1) is 0 Å². The van der Waals surface area contributed by atoms with Crippen LogP contribution in [0.1, 0.15) is 132 Å². The summed E-state index contributed by atoms with van der Waals surface area (Å²) >= 11 is 6.53. The number of amides is 3. The van der Waals surface area contributed by atoms with Crippen LogP contribution in [0.2, 0.25) is 0 Å². The summed E-state index contributed by atoms with van der Waals surface area (Å²) < 4.78 is 10.8. The molecule has 1 fully saturated rings. The van der Waals surface area contributed by atoms with E-state index in [1.807, 2.05) is 91.9 Å². The maximum atomic E-state index is 12.7. The Hall–Kier alpha value is -7.36. The van der Waals surface area contributed by atoms with Crippen molar-refractivity contribution < 1.29 is 23.9 Å². The summed E-state index contributed by atoms with van der Waals surface area (Å²) in [6.45, 7) is 9.74. The van der Waals surface area contributed by atoms with E-state index >= 15 is 0 Å². The fourth-order valence-corrected chi connectivity index (χ4v) is 10.0. The van der Waals surface area contributed by atoms with Gasteiger partial charge in [0.15, 0.2) is 23.3 Å². The molecule has 0 bridgehead atoms. The minimum absolute atomic E-state index is 0.0000836. The second kappa shape index (κ2) is 26.1. The molecule has 2 aromatic carbocycles. The van der Waals surface area contributed by atoms with Crippen molar-refractivity contribution in [3.63, 3.8) is 0 Å². The number of halogens is 2. The summed E-state index contributed by atoms with van der Waals surface area (Å²) in [6, 6.07) is 33.8. The van der Waals surface area contributed by atoms with Gasteiger partial charge in [0.05, 0.1) is 26.2 Å². The highest BCUT2D eigenvalue weighted by Gasteiger charge is 2.31. The lowest BCUT2D eigenvalue weighted by Gasteiger charge is -2.16. The highest BCUT2D eigenvalue weighted by Crippen LogP contribution is 2.33. The summed E-state index contributed by atoms with van der Waals surface area (Å²) in [4.78, 5) is 63.9. The SMILES string of the molecule is CC1CCC(=O)N1.CC1CCc2nnc(-c3cccc(Br)n3)n21.CC1CCc2nnc(-c3cccc(N4Cc5ccccc5C4=O)n3)n21.COC1=NC(C)CC1.NCC(=O)c1cccc(Br)n1.O=C1NCc2ccccc21. The first-order valence-electron chi connectivity index (χ1n) is 25.7. The van der Waals surface area contributed by atoms with Crippen molar-refractivity contribution in [3.8, 4) is 23.0 Å². The zero-order valence-corrected chi connectivity index (χ0v) is 46.9. The van der Waals surface area contributed by atoms with E-state index in [1.165, 1.54) is 0 Å². The maximum absolute atomic E-state index is 12.7. The zero-order chi connectivity index (χ0) is 54.6. The van der Waals surface area contributed by atoms with Gasteiger partial charge in [0.1, 0.15) is 43.8 Å². The van der Waals surface area contributed by atoms with E-state index in [0.29, 0.717) is 53.4 Å². The number of benzene rings is 2. The van der Waals surface area contributed by atoms with Crippen LogP contribution in [0.5, 0.6) is 0 Å². The van der Waals surface area contributed by atoms with E-state index in [4.69, 9.17) is 15.5 Å². The molecule has 7 aromatic rings. The maximum Gasteiger partial charge on any atom is 0.260 e. The van der Waals surface area contributed by atoms with E-state index in [-0.39, 0.29) is 30.0 Å². The second-order valence-electron chi connectivity index (χ2n) is 19.1. The van der Waals surface area contributed by atoms with Crippen LogP contribution in [-0.4, -0.2) is 99.6 Å². The predicted octanol–water partition coefficient (Wildman–Crippen LogP) is 9.03. The van der Waals surface area contributed by atoms with Crippen molar-refractivity contribution in [1.29, 1.82) is 0 Å². The standard InChI is InChI=1S/C19H17N5O.C11H11BrN4.C8H7NO.C7H7BrN2O.C6H11NO.C5H9NO/c1-12-9-10-17-21-22-18(24(12)17)15-7-4-8-16(20-15)23-11-13-5-2-3-6-14(13)19(23)25;1-7-5-6-10-14-15-11(16(7)10)8-3-2-4-9(12)13-8;10-8-7-4-2-1-3-6(7)5-9-8;8-7-3-1-2-5(10-7)6(11)4-9;1-5-3-4-6(7-5)8-2;1-4-2-3-5(7)6-4/h2-8,12H,9-11H2,1H3;2-4,7H,5-6H2,1H3;1-4H,5H2,(H,9,10);1-3H,4,9H2;5H,3-4H2,1-2H3;4H,2-3H2,1H3,(H,6,7). The number of ether oxygens (including phenoxy) is 1. The monoisotopic (exact) mass is 1170 g/mol. The van der Waals surface area contributed by atoms with Gasteiger partial charge in [-0.1, -0.05) is 54.6 Å². The largest absolute Gasteiger partial charge is 0.484 e. The molecule has 6 aliphatic heterocycles. The smallest absolute Gasteiger partial charge is 0.260 e. The Morgan fingerprint density at radius 2 is 1.26 bits per heavy atom. The third-order valence-electron chi connectivity index (χ3n) is 13.5. The quantitative estimate of drug-likeness (QED) is 0.108. The van der Waals surface area contributed by atoms with Crippen molar-refractivity contribution in [2.24, 2.45) is 10.7 Å². The first-order chi connectivity index (χ1) is 37.2. The number of aromatic nitrogens is 9. The minimum atomic E-state index is -0.147. The number of Topliss-reactive ketones (excluding diaryl/α,β-unsaturated/α-hetero) is 1. The molecule has 19 nitrogen and oxygen atoms in total. The summed E-state index contributed by atoms with van der Waals surface area (Å²) in [5.41, 5.74) is 10.9. The Morgan fingerprint density at radius 3 is 1.78 bits per heavy atom. The van der Waals surface area contributed by atoms with Crippen molar-refractivity contribution in [2.45, 2.75) is 116 Å². The van der Waals surface area contributed by atoms with Gasteiger partial charge in [-0.25, -0.2) is 15.0 Å². The van der Waals surface area contributed by atoms with Gasteiger partial charge in [0, 0.05) is 61.5 Å². The van der Waals surface area contributed by atoms with Gasteiger partial charge < -0.3 is 30.2 Å². The molecule has 5 aromatic heterocycles. The number of aryl methyl sites for hydroxylation is 2. The van der Waals surface area contributed by atoms with Crippen molar-refractivity contribution in [2.75, 3.05) is 18.6 Å². The summed E-state index contributed by atoms with van der Waals surface area (Å²) in [5.74, 6) is 5.42. The Kier molecular flexibility index (Phi) is 19.0. The number of hydrogen-bond donors (Lipinski definition) is 3. The molecule has 4 atom stereocenters. The molecule has 0 aliphatic carbocycles. The topological polar surface area (TPSA) is 243 Å². The van der Waals surface area contributed by atoms with Crippen LogP contribution < -0.4 is 21.3 Å². The van der Waals surface area contributed by atoms with Gasteiger partial charge in [-0.05, 0) is 145 Å². The fraction of sp³-hybridized carbons (Fsp3) is 0.357. The van der Waals surface area contributed by atoms with Gasteiger partial charge >= 0.3 is 0 Å². The Bertz CT molecular complexity index is 3270. The second-order valence-corrected chi connectivity index (χ2v) is 20.7. The van der Waals surface area contributed by atoms with E-state index in [2.05, 4.69) is 108 Å². The molecule has 3 amide bonds. The number of ketones is 1. The normalized spacial score (nSPS) is 18.8. The molecular formula is C56H62Br2N14O5. The van der Waals surface area contributed by atoms with E-state index in [0.717, 1.165) is 119 Å². The number of nitrogens with one attached hydrogen (secondary N) is 2. The Labute approximate surface area is 464 Å². The molecule has 6 aliphatic rings. The van der Waals surface area contributed by atoms with Crippen LogP contribution in [0.4, 0.5) is 5.82 Å². The van der Waals surface area contributed by atoms with Crippen molar-refractivity contribution in [3.05, 3.63) is 152 Å². The lowest BCUT2D eigenvalue weighted by molar-refractivity contribution is -0.119. The average molecular weight is 1170 g/mol. The summed E-state index contributed by atoms with van der Waals surface area (Å²) in [6.07, 6.45) is 8.11.